The third-order valence-corrected chi connectivity index (χ3v) is 15.1. The fourth-order valence-corrected chi connectivity index (χ4v) is 9.63. The smallest absolute Gasteiger partial charge is 0.252 e. The van der Waals surface area contributed by atoms with E-state index in [9.17, 15) is 65.1 Å². The van der Waals surface area contributed by atoms with Crippen LogP contribution in [0.2, 0.25) is 0 Å². The molecule has 0 aliphatic carbocycles. The summed E-state index contributed by atoms with van der Waals surface area (Å²) in [4.78, 5) is 53.2. The van der Waals surface area contributed by atoms with Gasteiger partial charge in [-0.3, -0.25) is 19.2 Å². The molecule has 21 heteroatoms. The number of carbonyl (C=O) groups excluding carboxylic acids is 4. The molecule has 1 rings (SSSR count). The Morgan fingerprint density at radius 3 is 1.13 bits per heavy atom. The van der Waals surface area contributed by atoms with Crippen molar-refractivity contribution in [3.63, 3.8) is 0 Å². The highest BCUT2D eigenvalue weighted by atomic mass is 16.5. The van der Waals surface area contributed by atoms with Crippen molar-refractivity contribution in [2.45, 2.75) is 288 Å². The summed E-state index contributed by atoms with van der Waals surface area (Å²) in [6.07, 6.45) is 18.4. The summed E-state index contributed by atoms with van der Waals surface area (Å²) in [5.41, 5.74) is 0.253. The average molecular weight is 1200 g/mol. The highest BCUT2D eigenvalue weighted by Gasteiger charge is 2.36. The van der Waals surface area contributed by atoms with Crippen LogP contribution in [0.3, 0.4) is 0 Å². The lowest BCUT2D eigenvalue weighted by molar-refractivity contribution is -0.150. The zero-order chi connectivity index (χ0) is 62.2. The number of aliphatic hydroxyl groups excluding tert-OH is 10. The van der Waals surface area contributed by atoms with Crippen LogP contribution in [0, 0.1) is 0 Å². The first-order valence-electron chi connectivity index (χ1n) is 32.5. The summed E-state index contributed by atoms with van der Waals surface area (Å²) in [6.45, 7) is 5.69. The molecule has 0 aromatic heterocycles. The number of unbranched alkanes of at least 4 members (excludes halogenated alkanes) is 28. The Hall–Kier alpha value is -3.90. The van der Waals surface area contributed by atoms with Gasteiger partial charge in [-0.15, -0.1) is 0 Å². The molecule has 0 saturated carbocycles. The summed E-state index contributed by atoms with van der Waals surface area (Å²) < 4.78 is 19.4. The number of hydrogen-bond acceptors (Lipinski definition) is 17. The second kappa shape index (κ2) is 51.2. The van der Waals surface area contributed by atoms with Crippen molar-refractivity contribution in [3.05, 3.63) is 17.7 Å². The zero-order valence-corrected chi connectivity index (χ0v) is 51.7. The van der Waals surface area contributed by atoms with Crippen LogP contribution < -0.4 is 35.5 Å². The van der Waals surface area contributed by atoms with Gasteiger partial charge >= 0.3 is 0 Å². The van der Waals surface area contributed by atoms with Crippen LogP contribution in [0.25, 0.3) is 0 Å². The largest absolute Gasteiger partial charge is 0.490 e. The Balaban J connectivity index is 3.27. The molecule has 4 amide bonds. The summed E-state index contributed by atoms with van der Waals surface area (Å²) in [7, 11) is 0. The lowest BCUT2D eigenvalue weighted by Gasteiger charge is -2.26. The normalized spacial score (nSPS) is 14.8. The fraction of sp³-hybridized carbons (Fsp3) is 0.841. The standard InChI is InChI=1S/C63H116N4O17/c1-4-7-10-13-16-19-22-25-28-33-40-82-51-43-47(44-52(83-41-34-29-26-23-20-17-14-11-8-5-2)59(51)84-42-35-30-27-24-21-18-15-12-9-6-3)60(78)65-38-39-66-61(79)48(67-63(81)58(77)56(75)54(73)50(71)46-69)36-31-32-37-64-62(80)57(76)55(74)53(72)49(70)45-68/h43-44,48-50,53-58,68-77H,4-42,45-46H2,1-3H3,(H,64,80)(H,65,78)(H,66,79)(H,67,81)/t48-,49-,50-,53-,54-,55+,56+,57-,58-/m0/s1. The Morgan fingerprint density at radius 1 is 0.393 bits per heavy atom. The Kier molecular flexibility index (Phi) is 47.6. The number of aliphatic hydroxyl groups is 10. The fourth-order valence-electron chi connectivity index (χ4n) is 9.63. The van der Waals surface area contributed by atoms with Crippen LogP contribution >= 0.6 is 0 Å². The minimum Gasteiger partial charge on any atom is -0.490 e. The summed E-state index contributed by atoms with van der Waals surface area (Å²) in [6, 6.07) is 1.92. The maximum Gasteiger partial charge on any atom is 0.252 e. The minimum absolute atomic E-state index is 0.0807. The molecule has 1 aromatic carbocycles. The van der Waals surface area contributed by atoms with E-state index in [1.807, 2.05) is 0 Å². The molecular weight excluding hydrogens is 1080 g/mol. The molecule has 21 nitrogen and oxygen atoms in total. The molecule has 0 radical (unpaired) electrons. The molecule has 9 atom stereocenters. The number of carbonyl (C=O) groups is 4. The number of amides is 4. The molecule has 0 saturated heterocycles. The van der Waals surface area contributed by atoms with Crippen LogP contribution in [0.5, 0.6) is 17.2 Å². The van der Waals surface area contributed by atoms with Gasteiger partial charge in [-0.05, 0) is 50.7 Å². The maximum absolute atomic E-state index is 14.0. The minimum atomic E-state index is -2.35. The van der Waals surface area contributed by atoms with E-state index in [0.29, 0.717) is 37.1 Å². The second-order valence-electron chi connectivity index (χ2n) is 22.6. The van der Waals surface area contributed by atoms with Crippen molar-refractivity contribution < 1.29 is 84.5 Å². The van der Waals surface area contributed by atoms with Crippen LogP contribution in [-0.2, 0) is 14.4 Å². The molecule has 0 spiro atoms. The van der Waals surface area contributed by atoms with Gasteiger partial charge in [0, 0.05) is 25.2 Å². The van der Waals surface area contributed by atoms with Crippen molar-refractivity contribution >= 4 is 23.6 Å². The highest BCUT2D eigenvalue weighted by Crippen LogP contribution is 2.40. The van der Waals surface area contributed by atoms with Gasteiger partial charge in [0.1, 0.15) is 42.7 Å². The van der Waals surface area contributed by atoms with Crippen molar-refractivity contribution in [1.29, 1.82) is 0 Å². The monoisotopic (exact) mass is 1200 g/mol. The molecule has 14 N–H and O–H groups in total. The van der Waals surface area contributed by atoms with Crippen molar-refractivity contribution in [1.82, 2.24) is 21.3 Å². The number of rotatable bonds is 57. The summed E-state index contributed by atoms with van der Waals surface area (Å²) in [5.74, 6) is -2.39. The third kappa shape index (κ3) is 35.7. The van der Waals surface area contributed by atoms with Crippen LogP contribution in [0.4, 0.5) is 0 Å². The predicted molar refractivity (Wildman–Crippen MR) is 325 cm³/mol. The van der Waals surface area contributed by atoms with E-state index < -0.39 is 91.7 Å². The van der Waals surface area contributed by atoms with Crippen molar-refractivity contribution in [2.24, 2.45) is 0 Å². The average Bonchev–Trinajstić information content (AvgIpc) is 3.55. The van der Waals surface area contributed by atoms with E-state index in [1.54, 1.807) is 12.1 Å². The first kappa shape index (κ1) is 78.1. The molecule has 84 heavy (non-hydrogen) atoms. The number of ether oxygens (including phenoxy) is 3. The van der Waals surface area contributed by atoms with Crippen LogP contribution in [0.1, 0.15) is 243 Å². The molecule has 490 valence electrons. The van der Waals surface area contributed by atoms with Gasteiger partial charge in [0.25, 0.3) is 17.7 Å². The molecule has 0 bridgehead atoms. The van der Waals surface area contributed by atoms with Crippen molar-refractivity contribution in [3.8, 4) is 17.2 Å². The Labute approximate surface area is 502 Å². The first-order valence-corrected chi connectivity index (χ1v) is 32.5. The van der Waals surface area contributed by atoms with Gasteiger partial charge in [-0.25, -0.2) is 0 Å². The van der Waals surface area contributed by atoms with E-state index in [2.05, 4.69) is 42.0 Å². The van der Waals surface area contributed by atoms with Gasteiger partial charge in [-0.1, -0.05) is 194 Å². The van der Waals surface area contributed by atoms with Gasteiger partial charge in [-0.2, -0.15) is 0 Å². The number of hydrogen-bond donors (Lipinski definition) is 14. The lowest BCUT2D eigenvalue weighted by atomic mass is 10.0. The third-order valence-electron chi connectivity index (χ3n) is 15.1. The van der Waals surface area contributed by atoms with Gasteiger partial charge in [0.2, 0.25) is 11.7 Å². The molecule has 0 aliphatic rings. The van der Waals surface area contributed by atoms with E-state index in [0.717, 1.165) is 57.8 Å². The van der Waals surface area contributed by atoms with E-state index in [-0.39, 0.29) is 44.5 Å². The SMILES string of the molecule is CCCCCCCCCCCCOc1cc(C(=O)NCCNC(=O)[C@H](CCCCNC(=O)[C@@H](O)[C@H](O)[C@@H](O)[C@@H](O)CO)NC(=O)[C@@H](O)[C@H](O)[C@@H](O)[C@@H](O)CO)cc(OCCCCCCCCCCCC)c1OCCCCCCCCCCCC. The van der Waals surface area contributed by atoms with E-state index in [4.69, 9.17) is 19.3 Å². The molecule has 0 heterocycles. The van der Waals surface area contributed by atoms with Gasteiger partial charge in [0.05, 0.1) is 33.0 Å². The van der Waals surface area contributed by atoms with Gasteiger partial charge < -0.3 is 86.5 Å². The molecule has 1 aromatic rings. The quantitative estimate of drug-likeness (QED) is 0.0329. The van der Waals surface area contributed by atoms with Crippen molar-refractivity contribution in [2.75, 3.05) is 52.7 Å². The second-order valence-corrected chi connectivity index (χ2v) is 22.6. The predicted octanol–water partition coefficient (Wildman–Crippen LogP) is 6.07. The first-order chi connectivity index (χ1) is 40.6. The number of nitrogens with one attached hydrogen (secondary N) is 4. The summed E-state index contributed by atoms with van der Waals surface area (Å²) in [5, 5.41) is 109. The number of benzene rings is 1. The van der Waals surface area contributed by atoms with Gasteiger partial charge in [0.15, 0.2) is 23.7 Å². The zero-order valence-electron chi connectivity index (χ0n) is 51.7. The van der Waals surface area contributed by atoms with Crippen LogP contribution in [-0.4, -0.2) is 182 Å². The Bertz CT molecular complexity index is 1770. The topological polar surface area (TPSA) is 346 Å². The Morgan fingerprint density at radius 2 is 0.738 bits per heavy atom. The van der Waals surface area contributed by atoms with E-state index in [1.165, 1.54) is 135 Å². The molecule has 0 aliphatic heterocycles. The van der Waals surface area contributed by atoms with Crippen LogP contribution in [0.15, 0.2) is 12.1 Å². The molecule has 0 unspecified atom stereocenters. The lowest BCUT2D eigenvalue weighted by Crippen LogP contribution is -2.56. The van der Waals surface area contributed by atoms with E-state index >= 15 is 0 Å². The molecule has 0 fully saturated rings. The molecular formula is C63H116N4O17. The maximum atomic E-state index is 14.0. The summed E-state index contributed by atoms with van der Waals surface area (Å²) >= 11 is 0. The highest BCUT2D eigenvalue weighted by molar-refractivity contribution is 5.95.